The summed E-state index contributed by atoms with van der Waals surface area (Å²) < 4.78 is 0. The molecule has 0 saturated carbocycles. The Morgan fingerprint density at radius 2 is 2.00 bits per heavy atom. The topological polar surface area (TPSA) is 105 Å². The highest BCUT2D eigenvalue weighted by Gasteiger charge is 2.23. The van der Waals surface area contributed by atoms with Crippen molar-refractivity contribution in [2.45, 2.75) is 25.4 Å². The van der Waals surface area contributed by atoms with E-state index in [1.165, 1.54) is 22.7 Å². The molecule has 1 unspecified atom stereocenters. The fourth-order valence-electron chi connectivity index (χ4n) is 3.72. The predicted octanol–water partition coefficient (Wildman–Crippen LogP) is 5.17. The van der Waals surface area contributed by atoms with Gasteiger partial charge in [0.2, 0.25) is 0 Å². The number of rotatable bonds is 9. The van der Waals surface area contributed by atoms with Crippen LogP contribution in [0.25, 0.3) is 0 Å². The number of aromatic carboxylic acids is 1. The van der Waals surface area contributed by atoms with E-state index < -0.39 is 12.1 Å². The molecule has 1 amide bonds. The number of carboxylic acids is 1. The average molecular weight is 550 g/mol. The zero-order valence-electron chi connectivity index (χ0n) is 19.7. The Morgan fingerprint density at radius 3 is 2.78 bits per heavy atom. The van der Waals surface area contributed by atoms with Gasteiger partial charge in [-0.3, -0.25) is 9.80 Å². The maximum atomic E-state index is 12.5. The van der Waals surface area contributed by atoms with Gasteiger partial charge < -0.3 is 10.2 Å². The van der Waals surface area contributed by atoms with Gasteiger partial charge in [0.15, 0.2) is 0 Å². The zero-order valence-corrected chi connectivity index (χ0v) is 22.1. The van der Waals surface area contributed by atoms with Gasteiger partial charge in [-0.05, 0) is 77.2 Å². The monoisotopic (exact) mass is 549 g/mol. The van der Waals surface area contributed by atoms with Crippen molar-refractivity contribution in [3.8, 4) is 17.9 Å². The molecule has 7 nitrogen and oxygen atoms in total. The highest BCUT2D eigenvalue weighted by Crippen LogP contribution is 2.23. The average Bonchev–Trinajstić information content (AvgIpc) is 3.55. The van der Waals surface area contributed by atoms with E-state index in [1.54, 1.807) is 28.6 Å². The van der Waals surface area contributed by atoms with Gasteiger partial charge in [-0.2, -0.15) is 5.26 Å². The van der Waals surface area contributed by atoms with Crippen LogP contribution < -0.4 is 0 Å². The molecule has 1 aliphatic heterocycles. The minimum absolute atomic E-state index is 0.108. The molecule has 0 bridgehead atoms. The van der Waals surface area contributed by atoms with Crippen LogP contribution in [0.3, 0.4) is 0 Å². The summed E-state index contributed by atoms with van der Waals surface area (Å²) >= 11 is 3.75. The Kier molecular flexibility index (Phi) is 9.04. The molecular weight excluding hydrogens is 527 g/mol. The molecule has 2 N–H and O–H groups in total. The van der Waals surface area contributed by atoms with Gasteiger partial charge in [0.25, 0.3) is 0 Å². The summed E-state index contributed by atoms with van der Waals surface area (Å²) in [5.41, 5.74) is 2.34. The minimum atomic E-state index is -0.951. The third-order valence-electron chi connectivity index (χ3n) is 5.56. The number of hydrazine groups is 1. The fraction of sp³-hybridized carbons (Fsp3) is 0.222. The standard InChI is InChI=1S/C27H23N3O4S3/c28-18-21-10-14-35-24(21)6-4-19-2-1-3-20(16-19)17-22(31)8-11-29-13-15-36-27(34)30(29)12-9-23-5-7-25(37-23)26(32)33/h1-3,5,7,10,13-16,22,31H,8-9,11-12,17H2,(H,32,33). The molecular formula is C27H23N3O4S3. The second kappa shape index (κ2) is 12.6. The minimum Gasteiger partial charge on any atom is -0.477 e. The number of carbonyl (C=O) groups excluding carboxylic acids is 1. The second-order valence-electron chi connectivity index (χ2n) is 8.15. The van der Waals surface area contributed by atoms with Crippen LogP contribution in [0.1, 0.15) is 42.5 Å². The lowest BCUT2D eigenvalue weighted by molar-refractivity contribution is 0.0548. The lowest BCUT2D eigenvalue weighted by atomic mass is 10.0. The molecule has 1 aromatic carbocycles. The van der Waals surface area contributed by atoms with Crippen LogP contribution in [-0.4, -0.2) is 50.6 Å². The number of thiophene rings is 2. The van der Waals surface area contributed by atoms with Gasteiger partial charge >= 0.3 is 11.2 Å². The van der Waals surface area contributed by atoms with Crippen molar-refractivity contribution < 1.29 is 19.8 Å². The Hall–Kier alpha value is -3.54. The van der Waals surface area contributed by atoms with Crippen molar-refractivity contribution >= 4 is 45.6 Å². The number of carbonyl (C=O) groups is 2. The maximum absolute atomic E-state index is 12.5. The molecule has 0 saturated heterocycles. The Balaban J connectivity index is 1.32. The number of hydrogen-bond donors (Lipinski definition) is 2. The van der Waals surface area contributed by atoms with E-state index in [0.717, 1.165) is 32.6 Å². The molecule has 0 aliphatic carbocycles. The molecule has 4 rings (SSSR count). The van der Waals surface area contributed by atoms with Crippen molar-refractivity contribution in [3.05, 3.63) is 90.8 Å². The fourth-order valence-corrected chi connectivity index (χ4v) is 5.88. The molecule has 37 heavy (non-hydrogen) atoms. The van der Waals surface area contributed by atoms with E-state index in [1.807, 2.05) is 40.9 Å². The van der Waals surface area contributed by atoms with Gasteiger partial charge in [0, 0.05) is 36.2 Å². The van der Waals surface area contributed by atoms with Crippen molar-refractivity contribution in [2.75, 3.05) is 13.1 Å². The highest BCUT2D eigenvalue weighted by atomic mass is 32.2. The zero-order chi connectivity index (χ0) is 26.2. The molecule has 3 heterocycles. The molecule has 0 radical (unpaired) electrons. The number of amides is 1. The first-order chi connectivity index (χ1) is 17.9. The van der Waals surface area contributed by atoms with Gasteiger partial charge in [0.05, 0.1) is 16.5 Å². The van der Waals surface area contributed by atoms with E-state index in [4.69, 9.17) is 10.4 Å². The summed E-state index contributed by atoms with van der Waals surface area (Å²) in [5, 5.41) is 35.9. The van der Waals surface area contributed by atoms with Crippen LogP contribution in [0.4, 0.5) is 4.79 Å². The summed E-state index contributed by atoms with van der Waals surface area (Å²) in [4.78, 5) is 25.5. The number of hydrogen-bond acceptors (Lipinski definition) is 8. The third kappa shape index (κ3) is 7.25. The van der Waals surface area contributed by atoms with Crippen LogP contribution in [0.5, 0.6) is 0 Å². The lowest BCUT2D eigenvalue weighted by Crippen LogP contribution is -2.45. The van der Waals surface area contributed by atoms with E-state index in [2.05, 4.69) is 17.9 Å². The van der Waals surface area contributed by atoms with Crippen molar-refractivity contribution in [2.24, 2.45) is 0 Å². The molecule has 2 aromatic heterocycles. The molecule has 188 valence electrons. The normalized spacial score (nSPS) is 13.7. The number of aliphatic hydroxyl groups excluding tert-OH is 1. The molecule has 1 atom stereocenters. The molecule has 1 aliphatic rings. The summed E-state index contributed by atoms with van der Waals surface area (Å²) in [6.45, 7) is 0.883. The predicted molar refractivity (Wildman–Crippen MR) is 146 cm³/mol. The van der Waals surface area contributed by atoms with Crippen LogP contribution in [0.15, 0.2) is 59.5 Å². The number of thioether (sulfide) groups is 1. The quantitative estimate of drug-likeness (QED) is 0.355. The first-order valence-electron chi connectivity index (χ1n) is 11.4. The Labute approximate surface area is 227 Å². The van der Waals surface area contributed by atoms with E-state index in [-0.39, 0.29) is 10.1 Å². The van der Waals surface area contributed by atoms with Crippen molar-refractivity contribution in [1.29, 1.82) is 5.26 Å². The third-order valence-corrected chi connectivity index (χ3v) is 8.19. The molecule has 3 aromatic rings. The summed E-state index contributed by atoms with van der Waals surface area (Å²) in [7, 11) is 0. The maximum Gasteiger partial charge on any atom is 0.345 e. The van der Waals surface area contributed by atoms with Crippen LogP contribution >= 0.6 is 34.4 Å². The Bertz CT molecular complexity index is 1410. The summed E-state index contributed by atoms with van der Waals surface area (Å²) in [6.07, 6.45) is 2.67. The summed E-state index contributed by atoms with van der Waals surface area (Å²) in [6, 6.07) is 14.9. The second-order valence-corrected chi connectivity index (χ2v) is 11.1. The number of carboxylic acid groups (broad SMARTS) is 1. The smallest absolute Gasteiger partial charge is 0.345 e. The van der Waals surface area contributed by atoms with Gasteiger partial charge in [0.1, 0.15) is 10.9 Å². The SMILES string of the molecule is N#Cc1ccsc1C#Cc1cccc(CC(O)CCN2C=CSC(=O)N2CCc2ccc(C(=O)O)s2)c1. The van der Waals surface area contributed by atoms with E-state index in [0.29, 0.717) is 37.9 Å². The number of nitrogens with zero attached hydrogens (tertiary/aromatic N) is 3. The van der Waals surface area contributed by atoms with Crippen LogP contribution in [0.2, 0.25) is 0 Å². The lowest BCUT2D eigenvalue weighted by Gasteiger charge is -2.36. The van der Waals surface area contributed by atoms with Gasteiger partial charge in [-0.25, -0.2) is 9.80 Å². The molecule has 0 fully saturated rings. The number of aliphatic hydroxyl groups is 1. The summed E-state index contributed by atoms with van der Waals surface area (Å²) in [5.74, 6) is 5.20. The van der Waals surface area contributed by atoms with Gasteiger partial charge in [-0.1, -0.05) is 18.1 Å². The van der Waals surface area contributed by atoms with Crippen LogP contribution in [0, 0.1) is 23.2 Å². The van der Waals surface area contributed by atoms with E-state index in [9.17, 15) is 14.7 Å². The van der Waals surface area contributed by atoms with E-state index >= 15 is 0 Å². The van der Waals surface area contributed by atoms with Gasteiger partial charge in [-0.15, -0.1) is 22.7 Å². The first-order valence-corrected chi connectivity index (χ1v) is 14.0. The van der Waals surface area contributed by atoms with Crippen molar-refractivity contribution in [1.82, 2.24) is 10.0 Å². The first kappa shape index (κ1) is 26.5. The van der Waals surface area contributed by atoms with Crippen LogP contribution in [-0.2, 0) is 12.8 Å². The number of benzene rings is 1. The van der Waals surface area contributed by atoms with Crippen molar-refractivity contribution in [3.63, 3.8) is 0 Å². The molecule has 0 spiro atoms. The highest BCUT2D eigenvalue weighted by molar-refractivity contribution is 8.16. The largest absolute Gasteiger partial charge is 0.477 e. The molecule has 10 heteroatoms. The number of nitriles is 1. The Morgan fingerprint density at radius 1 is 1.14 bits per heavy atom.